The van der Waals surface area contributed by atoms with E-state index in [2.05, 4.69) is 13.8 Å². The van der Waals surface area contributed by atoms with Crippen LogP contribution in [0.2, 0.25) is 0 Å². The molecule has 14 heavy (non-hydrogen) atoms. The van der Waals surface area contributed by atoms with E-state index >= 15 is 0 Å². The number of hydrogen-bond acceptors (Lipinski definition) is 4. The minimum Gasteiger partial charge on any atom is -0.319 e. The zero-order chi connectivity index (χ0) is 10.8. The molecular weight excluding hydrogens is 212 g/mol. The monoisotopic (exact) mass is 236 g/mol. The van der Waals surface area contributed by atoms with Crippen LogP contribution in [-0.2, 0) is 0 Å². The zero-order valence-electron chi connectivity index (χ0n) is 9.37. The van der Waals surface area contributed by atoms with Crippen molar-refractivity contribution < 1.29 is 0 Å². The summed E-state index contributed by atoms with van der Waals surface area (Å²) in [5.41, 5.74) is 11.8. The Morgan fingerprint density at radius 2 is 1.21 bits per heavy atom. The first-order valence-corrected chi connectivity index (χ1v) is 7.81. The van der Waals surface area contributed by atoms with Crippen molar-refractivity contribution in [2.24, 2.45) is 11.5 Å². The van der Waals surface area contributed by atoms with E-state index in [0.29, 0.717) is 0 Å². The molecule has 2 nitrogen and oxygen atoms in total. The molecule has 0 bridgehead atoms. The molecule has 0 aliphatic heterocycles. The molecule has 0 aromatic heterocycles. The van der Waals surface area contributed by atoms with Gasteiger partial charge in [-0.05, 0) is 12.8 Å². The summed E-state index contributed by atoms with van der Waals surface area (Å²) in [6.07, 6.45) is 7.10. The van der Waals surface area contributed by atoms with E-state index in [1.807, 2.05) is 0 Å². The average Bonchev–Trinajstić information content (AvgIpc) is 2.20. The molecule has 0 rings (SSSR count). The molecule has 0 aliphatic rings. The van der Waals surface area contributed by atoms with Gasteiger partial charge in [0.2, 0.25) is 0 Å². The van der Waals surface area contributed by atoms with Crippen molar-refractivity contribution >= 4 is 21.6 Å². The van der Waals surface area contributed by atoms with E-state index in [-0.39, 0.29) is 10.7 Å². The van der Waals surface area contributed by atoms with Gasteiger partial charge in [0.15, 0.2) is 0 Å². The molecule has 4 heteroatoms. The maximum absolute atomic E-state index is 5.92. The summed E-state index contributed by atoms with van der Waals surface area (Å²) in [4.78, 5) is 0. The second-order valence-electron chi connectivity index (χ2n) is 3.55. The standard InChI is InChI=1S/C10H24N2S2/c1-3-5-7-9(11)13-14-10(12)8-6-4-2/h9-10H,3-8,11-12H2,1-2H3. The van der Waals surface area contributed by atoms with Crippen LogP contribution in [0.5, 0.6) is 0 Å². The molecule has 86 valence electrons. The van der Waals surface area contributed by atoms with Crippen LogP contribution in [0.15, 0.2) is 0 Å². The lowest BCUT2D eigenvalue weighted by atomic mass is 10.2. The summed E-state index contributed by atoms with van der Waals surface area (Å²) < 4.78 is 0. The van der Waals surface area contributed by atoms with Gasteiger partial charge in [0.25, 0.3) is 0 Å². The van der Waals surface area contributed by atoms with Crippen molar-refractivity contribution in [1.82, 2.24) is 0 Å². The van der Waals surface area contributed by atoms with Crippen molar-refractivity contribution in [2.45, 2.75) is 63.1 Å². The van der Waals surface area contributed by atoms with Gasteiger partial charge in [-0.25, -0.2) is 0 Å². The Kier molecular flexibility index (Phi) is 10.6. The summed E-state index contributed by atoms with van der Waals surface area (Å²) in [6, 6.07) is 0. The van der Waals surface area contributed by atoms with Gasteiger partial charge in [-0.3, -0.25) is 0 Å². The third kappa shape index (κ3) is 9.19. The second kappa shape index (κ2) is 10.1. The summed E-state index contributed by atoms with van der Waals surface area (Å²) in [5.74, 6) is 0. The Balaban J connectivity index is 3.31. The predicted molar refractivity (Wildman–Crippen MR) is 70.2 cm³/mol. The molecule has 0 saturated heterocycles. The van der Waals surface area contributed by atoms with E-state index in [1.54, 1.807) is 21.6 Å². The average molecular weight is 236 g/mol. The summed E-state index contributed by atoms with van der Waals surface area (Å²) in [5, 5.41) is 0.514. The summed E-state index contributed by atoms with van der Waals surface area (Å²) in [7, 11) is 3.49. The molecule has 4 N–H and O–H groups in total. The first-order valence-electron chi connectivity index (χ1n) is 5.54. The van der Waals surface area contributed by atoms with Crippen molar-refractivity contribution in [3.8, 4) is 0 Å². The Morgan fingerprint density at radius 1 is 0.857 bits per heavy atom. The van der Waals surface area contributed by atoms with Crippen LogP contribution in [0.1, 0.15) is 52.4 Å². The number of hydrogen-bond donors (Lipinski definition) is 2. The van der Waals surface area contributed by atoms with Crippen molar-refractivity contribution in [2.75, 3.05) is 0 Å². The smallest absolute Gasteiger partial charge is 0.0612 e. The van der Waals surface area contributed by atoms with Crippen molar-refractivity contribution in [1.29, 1.82) is 0 Å². The topological polar surface area (TPSA) is 52.0 Å². The van der Waals surface area contributed by atoms with Gasteiger partial charge < -0.3 is 11.5 Å². The normalized spacial score (nSPS) is 15.4. The van der Waals surface area contributed by atoms with Gasteiger partial charge in [0.05, 0.1) is 10.7 Å². The van der Waals surface area contributed by atoms with Gasteiger partial charge in [-0.1, -0.05) is 61.1 Å². The SMILES string of the molecule is CCCCC(N)SSC(N)CCCC. The Labute approximate surface area is 96.3 Å². The fourth-order valence-corrected chi connectivity index (χ4v) is 3.29. The lowest BCUT2D eigenvalue weighted by Crippen LogP contribution is -2.18. The fourth-order valence-electron chi connectivity index (χ4n) is 1.05. The molecule has 2 atom stereocenters. The molecule has 0 aromatic rings. The molecular formula is C10H24N2S2. The van der Waals surface area contributed by atoms with Crippen LogP contribution in [0.25, 0.3) is 0 Å². The maximum atomic E-state index is 5.92. The Bertz CT molecular complexity index is 109. The van der Waals surface area contributed by atoms with Crippen LogP contribution in [0, 0.1) is 0 Å². The lowest BCUT2D eigenvalue weighted by molar-refractivity contribution is 0.697. The highest BCUT2D eigenvalue weighted by atomic mass is 33.1. The molecule has 2 unspecified atom stereocenters. The highest BCUT2D eigenvalue weighted by Gasteiger charge is 2.07. The minimum atomic E-state index is 0.257. The minimum absolute atomic E-state index is 0.257. The van der Waals surface area contributed by atoms with Crippen molar-refractivity contribution in [3.05, 3.63) is 0 Å². The Morgan fingerprint density at radius 3 is 1.50 bits per heavy atom. The largest absolute Gasteiger partial charge is 0.319 e. The van der Waals surface area contributed by atoms with Gasteiger partial charge >= 0.3 is 0 Å². The molecule has 0 radical (unpaired) electrons. The van der Waals surface area contributed by atoms with Gasteiger partial charge in [-0.15, -0.1) is 0 Å². The molecule has 0 fully saturated rings. The third-order valence-electron chi connectivity index (χ3n) is 1.99. The maximum Gasteiger partial charge on any atom is 0.0612 e. The summed E-state index contributed by atoms with van der Waals surface area (Å²) in [6.45, 7) is 4.38. The number of rotatable bonds is 9. The highest BCUT2D eigenvalue weighted by molar-refractivity contribution is 8.77. The quantitative estimate of drug-likeness (QED) is 0.476. The molecule has 0 spiro atoms. The Hall–Kier alpha value is 0.620. The van der Waals surface area contributed by atoms with E-state index in [1.165, 1.54) is 25.7 Å². The zero-order valence-corrected chi connectivity index (χ0v) is 11.0. The van der Waals surface area contributed by atoms with E-state index in [9.17, 15) is 0 Å². The highest BCUT2D eigenvalue weighted by Crippen LogP contribution is 2.30. The lowest BCUT2D eigenvalue weighted by Gasteiger charge is -2.13. The van der Waals surface area contributed by atoms with Crippen molar-refractivity contribution in [3.63, 3.8) is 0 Å². The fraction of sp³-hybridized carbons (Fsp3) is 1.00. The predicted octanol–water partition coefficient (Wildman–Crippen LogP) is 3.32. The van der Waals surface area contributed by atoms with Crippen LogP contribution in [0.4, 0.5) is 0 Å². The first kappa shape index (κ1) is 14.6. The first-order chi connectivity index (χ1) is 6.70. The number of nitrogens with two attached hydrogens (primary N) is 2. The van der Waals surface area contributed by atoms with Gasteiger partial charge in [-0.2, -0.15) is 0 Å². The van der Waals surface area contributed by atoms with E-state index in [0.717, 1.165) is 12.8 Å². The van der Waals surface area contributed by atoms with Gasteiger partial charge in [0, 0.05) is 0 Å². The molecule has 0 saturated carbocycles. The van der Waals surface area contributed by atoms with Crippen LogP contribution in [-0.4, -0.2) is 10.7 Å². The van der Waals surface area contributed by atoms with Crippen LogP contribution in [0.3, 0.4) is 0 Å². The van der Waals surface area contributed by atoms with Crippen LogP contribution < -0.4 is 11.5 Å². The number of unbranched alkanes of at least 4 members (excludes halogenated alkanes) is 2. The van der Waals surface area contributed by atoms with Crippen LogP contribution >= 0.6 is 21.6 Å². The third-order valence-corrected chi connectivity index (χ3v) is 4.88. The molecule has 0 aliphatic carbocycles. The van der Waals surface area contributed by atoms with E-state index in [4.69, 9.17) is 11.5 Å². The van der Waals surface area contributed by atoms with Gasteiger partial charge in [0.1, 0.15) is 0 Å². The molecule has 0 amide bonds. The van der Waals surface area contributed by atoms with E-state index < -0.39 is 0 Å². The summed E-state index contributed by atoms with van der Waals surface area (Å²) >= 11 is 0. The molecule has 0 aromatic carbocycles. The second-order valence-corrected chi connectivity index (χ2v) is 6.30. The molecule has 0 heterocycles.